The lowest BCUT2D eigenvalue weighted by Gasteiger charge is -2.14. The number of aryl methyl sites for hydroxylation is 1. The lowest BCUT2D eigenvalue weighted by Crippen LogP contribution is -2.31. The van der Waals surface area contributed by atoms with Crippen LogP contribution in [-0.4, -0.2) is 52.6 Å². The van der Waals surface area contributed by atoms with Gasteiger partial charge in [-0.1, -0.05) is 30.3 Å². The van der Waals surface area contributed by atoms with Crippen molar-refractivity contribution in [2.24, 2.45) is 0 Å². The number of fused-ring (bicyclic) bond motifs is 2. The van der Waals surface area contributed by atoms with Crippen molar-refractivity contribution in [1.82, 2.24) is 14.4 Å². The number of amides is 2. The standard InChI is InChI=1S/C24H23N3O3/c1-25(2)15-12-22(28)20-16-26(21-11-6-5-8-17(20)21)13-7-14-27-23(29)18-9-3-4-10-19(18)24(27)30/h3-6,8-12,15-16H,7,13-14H2,1-2H3. The van der Waals surface area contributed by atoms with Gasteiger partial charge in [0.2, 0.25) is 0 Å². The van der Waals surface area contributed by atoms with Gasteiger partial charge < -0.3 is 9.47 Å². The maximum absolute atomic E-state index is 12.6. The van der Waals surface area contributed by atoms with E-state index in [1.54, 1.807) is 36.5 Å². The fourth-order valence-corrected chi connectivity index (χ4v) is 3.78. The van der Waals surface area contributed by atoms with Crippen molar-refractivity contribution in [2.45, 2.75) is 13.0 Å². The van der Waals surface area contributed by atoms with Gasteiger partial charge in [0.15, 0.2) is 5.78 Å². The van der Waals surface area contributed by atoms with Crippen LogP contribution in [0.25, 0.3) is 10.9 Å². The Bertz CT molecular complexity index is 1140. The highest BCUT2D eigenvalue weighted by Gasteiger charge is 2.34. The van der Waals surface area contributed by atoms with Crippen molar-refractivity contribution in [3.8, 4) is 0 Å². The van der Waals surface area contributed by atoms with Crippen LogP contribution in [0.1, 0.15) is 37.5 Å². The molecule has 0 saturated carbocycles. The second-order valence-electron chi connectivity index (χ2n) is 7.56. The number of carbonyl (C=O) groups is 3. The van der Waals surface area contributed by atoms with Crippen molar-refractivity contribution in [1.29, 1.82) is 0 Å². The molecule has 0 bridgehead atoms. The highest BCUT2D eigenvalue weighted by atomic mass is 16.2. The molecule has 0 saturated heterocycles. The Hall–Kier alpha value is -3.67. The molecule has 30 heavy (non-hydrogen) atoms. The van der Waals surface area contributed by atoms with Crippen LogP contribution in [0, 0.1) is 0 Å². The molecule has 1 aliphatic rings. The second kappa shape index (κ2) is 7.99. The third-order valence-electron chi connectivity index (χ3n) is 5.24. The molecular formula is C24H23N3O3. The molecule has 0 spiro atoms. The van der Waals surface area contributed by atoms with Crippen LogP contribution in [0.4, 0.5) is 0 Å². The van der Waals surface area contributed by atoms with E-state index >= 15 is 0 Å². The molecule has 1 aromatic heterocycles. The Morgan fingerprint density at radius 1 is 0.933 bits per heavy atom. The number of ketones is 1. The Kier molecular flexibility index (Phi) is 5.23. The van der Waals surface area contributed by atoms with Gasteiger partial charge in [0.05, 0.1) is 11.1 Å². The number of hydrogen-bond donors (Lipinski definition) is 0. The number of hydrogen-bond acceptors (Lipinski definition) is 4. The van der Waals surface area contributed by atoms with Crippen LogP contribution in [0.15, 0.2) is 67.0 Å². The SMILES string of the molecule is CN(C)C=CC(=O)c1cn(CCCN2C(=O)c3ccccc3C2=O)c2ccccc12. The van der Waals surface area contributed by atoms with E-state index in [2.05, 4.69) is 0 Å². The molecule has 6 nitrogen and oxygen atoms in total. The average molecular weight is 401 g/mol. The maximum atomic E-state index is 12.6. The molecule has 2 heterocycles. The van der Waals surface area contributed by atoms with Gasteiger partial charge in [-0.25, -0.2) is 0 Å². The molecule has 0 radical (unpaired) electrons. The van der Waals surface area contributed by atoms with Crippen LogP contribution in [0.2, 0.25) is 0 Å². The summed E-state index contributed by atoms with van der Waals surface area (Å²) in [6.45, 7) is 0.932. The summed E-state index contributed by atoms with van der Waals surface area (Å²) < 4.78 is 2.02. The lowest BCUT2D eigenvalue weighted by molar-refractivity contribution is 0.0650. The normalized spacial score (nSPS) is 13.5. The second-order valence-corrected chi connectivity index (χ2v) is 7.56. The van der Waals surface area contributed by atoms with E-state index in [0.717, 1.165) is 10.9 Å². The fraction of sp³-hybridized carbons (Fsp3) is 0.208. The number of nitrogens with zero attached hydrogens (tertiary/aromatic N) is 3. The third-order valence-corrected chi connectivity index (χ3v) is 5.24. The molecular weight excluding hydrogens is 378 g/mol. The van der Waals surface area contributed by atoms with Gasteiger partial charge in [0, 0.05) is 62.1 Å². The highest BCUT2D eigenvalue weighted by Crippen LogP contribution is 2.24. The van der Waals surface area contributed by atoms with Crippen LogP contribution >= 0.6 is 0 Å². The smallest absolute Gasteiger partial charge is 0.261 e. The van der Waals surface area contributed by atoms with Gasteiger partial charge in [-0.15, -0.1) is 0 Å². The summed E-state index contributed by atoms with van der Waals surface area (Å²) in [6, 6.07) is 14.7. The molecule has 4 rings (SSSR count). The molecule has 2 aromatic carbocycles. The van der Waals surface area contributed by atoms with Crippen LogP contribution in [0.3, 0.4) is 0 Å². The van der Waals surface area contributed by atoms with Gasteiger partial charge in [-0.05, 0) is 24.6 Å². The van der Waals surface area contributed by atoms with Crippen molar-refractivity contribution in [3.63, 3.8) is 0 Å². The van der Waals surface area contributed by atoms with Crippen molar-refractivity contribution >= 4 is 28.5 Å². The van der Waals surface area contributed by atoms with Crippen LogP contribution in [-0.2, 0) is 6.54 Å². The third kappa shape index (κ3) is 3.52. The van der Waals surface area contributed by atoms with Crippen LogP contribution < -0.4 is 0 Å². The number of aromatic nitrogens is 1. The van der Waals surface area contributed by atoms with Crippen molar-refractivity contribution in [2.75, 3.05) is 20.6 Å². The molecule has 3 aromatic rings. The highest BCUT2D eigenvalue weighted by molar-refractivity contribution is 6.21. The van der Waals surface area contributed by atoms with Gasteiger partial charge in [0.25, 0.3) is 11.8 Å². The monoisotopic (exact) mass is 401 g/mol. The topological polar surface area (TPSA) is 62.6 Å². The molecule has 1 aliphatic heterocycles. The summed E-state index contributed by atoms with van der Waals surface area (Å²) in [5.41, 5.74) is 2.54. The Morgan fingerprint density at radius 2 is 1.57 bits per heavy atom. The number of imide groups is 1. The van der Waals surface area contributed by atoms with E-state index in [1.165, 1.54) is 4.90 Å². The van der Waals surface area contributed by atoms with E-state index in [0.29, 0.717) is 36.2 Å². The minimum atomic E-state index is -0.238. The van der Waals surface area contributed by atoms with E-state index in [9.17, 15) is 14.4 Å². The zero-order chi connectivity index (χ0) is 21.3. The summed E-state index contributed by atoms with van der Waals surface area (Å²) in [4.78, 5) is 40.8. The van der Waals surface area contributed by atoms with Crippen molar-refractivity contribution in [3.05, 3.63) is 83.7 Å². The first-order chi connectivity index (χ1) is 14.5. The molecule has 0 N–H and O–H groups in total. The zero-order valence-corrected chi connectivity index (χ0v) is 17.0. The van der Waals surface area contributed by atoms with E-state index < -0.39 is 0 Å². The molecule has 2 amide bonds. The first-order valence-electron chi connectivity index (χ1n) is 9.89. The number of carbonyl (C=O) groups excluding carboxylic acids is 3. The van der Waals surface area contributed by atoms with Gasteiger partial charge in [0.1, 0.15) is 0 Å². The predicted molar refractivity (Wildman–Crippen MR) is 116 cm³/mol. The fourth-order valence-electron chi connectivity index (χ4n) is 3.78. The first-order valence-corrected chi connectivity index (χ1v) is 9.89. The number of para-hydroxylation sites is 1. The Balaban J connectivity index is 1.51. The van der Waals surface area contributed by atoms with Crippen LogP contribution in [0.5, 0.6) is 0 Å². The summed E-state index contributed by atoms with van der Waals surface area (Å²) >= 11 is 0. The quantitative estimate of drug-likeness (QED) is 0.345. The number of rotatable bonds is 7. The lowest BCUT2D eigenvalue weighted by atomic mass is 10.1. The number of allylic oxidation sites excluding steroid dienone is 1. The van der Waals surface area contributed by atoms with E-state index in [1.807, 2.05) is 54.0 Å². The minimum Gasteiger partial charge on any atom is -0.383 e. The molecule has 0 fully saturated rings. The van der Waals surface area contributed by atoms with Gasteiger partial charge in [-0.3, -0.25) is 19.3 Å². The van der Waals surface area contributed by atoms with Gasteiger partial charge in [-0.2, -0.15) is 0 Å². The largest absolute Gasteiger partial charge is 0.383 e. The maximum Gasteiger partial charge on any atom is 0.261 e. The molecule has 152 valence electrons. The molecule has 6 heteroatoms. The zero-order valence-electron chi connectivity index (χ0n) is 17.0. The van der Waals surface area contributed by atoms with Gasteiger partial charge >= 0.3 is 0 Å². The molecule has 0 atom stereocenters. The minimum absolute atomic E-state index is 0.0565. The Labute approximate surface area is 175 Å². The first kappa shape index (κ1) is 19.6. The molecule has 0 unspecified atom stereocenters. The summed E-state index contributed by atoms with van der Waals surface area (Å²) in [7, 11) is 3.73. The Morgan fingerprint density at radius 3 is 2.23 bits per heavy atom. The van der Waals surface area contributed by atoms with E-state index in [4.69, 9.17) is 0 Å². The average Bonchev–Trinajstić information content (AvgIpc) is 3.23. The van der Waals surface area contributed by atoms with Crippen molar-refractivity contribution < 1.29 is 14.4 Å². The summed E-state index contributed by atoms with van der Waals surface area (Å²) in [5.74, 6) is -0.533. The molecule has 0 aliphatic carbocycles. The number of benzene rings is 2. The van der Waals surface area contributed by atoms with E-state index in [-0.39, 0.29) is 17.6 Å². The summed E-state index contributed by atoms with van der Waals surface area (Å²) in [5, 5.41) is 0.895. The summed E-state index contributed by atoms with van der Waals surface area (Å²) in [6.07, 6.45) is 5.75. The predicted octanol–water partition coefficient (Wildman–Crippen LogP) is 3.59.